The molecule has 1 amide bonds. The zero-order valence-corrected chi connectivity index (χ0v) is 12.7. The number of likely N-dealkylation sites (tertiary alicyclic amines) is 1. The van der Waals surface area contributed by atoms with Crippen molar-refractivity contribution in [2.24, 2.45) is 0 Å². The molecule has 1 aliphatic rings. The highest BCUT2D eigenvalue weighted by Crippen LogP contribution is 2.24. The first-order valence-electron chi connectivity index (χ1n) is 6.83. The second-order valence-corrected chi connectivity index (χ2v) is 6.11. The normalized spacial score (nSPS) is 16.1. The van der Waals surface area contributed by atoms with E-state index in [1.807, 2.05) is 4.90 Å². The number of hydrogen-bond acceptors (Lipinski definition) is 6. The molecule has 1 aromatic heterocycles. The quantitative estimate of drug-likeness (QED) is 0.633. The number of amides is 1. The summed E-state index contributed by atoms with van der Waals surface area (Å²) >= 11 is 1.20. The second kappa shape index (κ2) is 7.48. The number of carbonyl (C=O) groups excluding carboxylic acids is 1. The van der Waals surface area contributed by atoms with Crippen LogP contribution in [0.1, 0.15) is 17.7 Å². The van der Waals surface area contributed by atoms with E-state index in [0.717, 1.165) is 30.8 Å². The van der Waals surface area contributed by atoms with Crippen molar-refractivity contribution in [1.29, 1.82) is 0 Å². The lowest BCUT2D eigenvalue weighted by molar-refractivity contribution is -0.380. The lowest BCUT2D eigenvalue weighted by Crippen LogP contribution is -2.45. The average molecular weight is 313 g/mol. The summed E-state index contributed by atoms with van der Waals surface area (Å²) in [4.78, 5) is 24.7. The molecule has 0 spiro atoms. The van der Waals surface area contributed by atoms with Gasteiger partial charge in [0.05, 0.1) is 4.92 Å². The van der Waals surface area contributed by atoms with Gasteiger partial charge in [-0.1, -0.05) is 11.3 Å². The first-order chi connectivity index (χ1) is 10.1. The number of hydrogen-bond donors (Lipinski definition) is 1. The van der Waals surface area contributed by atoms with Gasteiger partial charge in [0.1, 0.15) is 6.61 Å². The minimum atomic E-state index is -0.367. The predicted octanol–water partition coefficient (Wildman–Crippen LogP) is 1.38. The standard InChI is InChI=1S/C13H19N3O4S/c1-20-9-12(17)15-6-4-10(5-7-15)14-8-11-2-3-13(21-11)16(18)19/h2-3,10,14H,4-9H2,1H3. The summed E-state index contributed by atoms with van der Waals surface area (Å²) in [5.74, 6) is 0.0323. The highest BCUT2D eigenvalue weighted by molar-refractivity contribution is 7.15. The molecule has 1 fully saturated rings. The fourth-order valence-electron chi connectivity index (χ4n) is 2.35. The van der Waals surface area contributed by atoms with Crippen LogP contribution in [0.5, 0.6) is 0 Å². The lowest BCUT2D eigenvalue weighted by atomic mass is 10.1. The van der Waals surface area contributed by atoms with Crippen molar-refractivity contribution < 1.29 is 14.5 Å². The molecule has 2 heterocycles. The molecule has 1 aliphatic heterocycles. The molecule has 1 N–H and O–H groups in total. The highest BCUT2D eigenvalue weighted by Gasteiger charge is 2.22. The van der Waals surface area contributed by atoms with Crippen LogP contribution >= 0.6 is 11.3 Å². The van der Waals surface area contributed by atoms with Crippen molar-refractivity contribution in [2.75, 3.05) is 26.8 Å². The molecule has 116 valence electrons. The smallest absolute Gasteiger partial charge is 0.324 e. The second-order valence-electron chi connectivity index (χ2n) is 4.97. The van der Waals surface area contributed by atoms with Crippen molar-refractivity contribution in [1.82, 2.24) is 10.2 Å². The van der Waals surface area contributed by atoms with E-state index >= 15 is 0 Å². The highest BCUT2D eigenvalue weighted by atomic mass is 32.1. The number of ether oxygens (including phenoxy) is 1. The van der Waals surface area contributed by atoms with Crippen LogP contribution < -0.4 is 5.32 Å². The SMILES string of the molecule is COCC(=O)N1CCC(NCc2ccc([N+](=O)[O-])s2)CC1. The Labute approximate surface area is 127 Å². The molecular formula is C13H19N3O4S. The fourth-order valence-corrected chi connectivity index (χ4v) is 3.12. The van der Waals surface area contributed by atoms with Crippen molar-refractivity contribution >= 4 is 22.2 Å². The van der Waals surface area contributed by atoms with Gasteiger partial charge in [-0.15, -0.1) is 0 Å². The molecule has 0 radical (unpaired) electrons. The number of nitrogens with one attached hydrogen (secondary N) is 1. The van der Waals surface area contributed by atoms with Crippen LogP contribution in [0, 0.1) is 10.1 Å². The average Bonchev–Trinajstić information content (AvgIpc) is 2.95. The first-order valence-corrected chi connectivity index (χ1v) is 7.65. The summed E-state index contributed by atoms with van der Waals surface area (Å²) in [5.41, 5.74) is 0. The molecule has 0 bridgehead atoms. The zero-order valence-electron chi connectivity index (χ0n) is 11.9. The molecule has 21 heavy (non-hydrogen) atoms. The van der Waals surface area contributed by atoms with E-state index < -0.39 is 0 Å². The number of rotatable bonds is 6. The number of thiophene rings is 1. The third-order valence-corrected chi connectivity index (χ3v) is 4.54. The van der Waals surface area contributed by atoms with Crippen LogP contribution in [0.4, 0.5) is 5.00 Å². The Kier molecular flexibility index (Phi) is 5.66. The van der Waals surface area contributed by atoms with Gasteiger partial charge in [-0.25, -0.2) is 0 Å². The number of nitro groups is 1. The molecule has 0 atom stereocenters. The number of nitrogens with zero attached hydrogens (tertiary/aromatic N) is 2. The third-order valence-electron chi connectivity index (χ3n) is 3.51. The zero-order chi connectivity index (χ0) is 15.2. The van der Waals surface area contributed by atoms with E-state index in [1.54, 1.807) is 6.07 Å². The van der Waals surface area contributed by atoms with Crippen molar-refractivity contribution in [3.8, 4) is 0 Å². The van der Waals surface area contributed by atoms with E-state index in [-0.39, 0.29) is 22.4 Å². The summed E-state index contributed by atoms with van der Waals surface area (Å²) in [5, 5.41) is 14.2. The maximum absolute atomic E-state index is 11.7. The topological polar surface area (TPSA) is 84.7 Å². The Morgan fingerprint density at radius 1 is 1.52 bits per heavy atom. The van der Waals surface area contributed by atoms with Crippen LogP contribution in [0.25, 0.3) is 0 Å². The largest absolute Gasteiger partial charge is 0.375 e. The Morgan fingerprint density at radius 3 is 2.81 bits per heavy atom. The molecule has 2 rings (SSSR count). The molecule has 0 aliphatic carbocycles. The van der Waals surface area contributed by atoms with Gasteiger partial charge < -0.3 is 15.0 Å². The molecular weight excluding hydrogens is 294 g/mol. The van der Waals surface area contributed by atoms with Gasteiger partial charge in [-0.3, -0.25) is 14.9 Å². The molecule has 1 aromatic rings. The van der Waals surface area contributed by atoms with Gasteiger partial charge in [-0.2, -0.15) is 0 Å². The van der Waals surface area contributed by atoms with E-state index in [4.69, 9.17) is 4.74 Å². The minimum Gasteiger partial charge on any atom is -0.375 e. The lowest BCUT2D eigenvalue weighted by Gasteiger charge is -2.32. The number of carbonyl (C=O) groups is 1. The minimum absolute atomic E-state index is 0.0323. The molecule has 0 aromatic carbocycles. The van der Waals surface area contributed by atoms with Crippen molar-refractivity contribution in [3.05, 3.63) is 27.1 Å². The summed E-state index contributed by atoms with van der Waals surface area (Å²) < 4.78 is 4.85. The van der Waals surface area contributed by atoms with Gasteiger partial charge >= 0.3 is 5.00 Å². The van der Waals surface area contributed by atoms with Gasteiger partial charge in [0, 0.05) is 43.7 Å². The van der Waals surface area contributed by atoms with Gasteiger partial charge in [0.25, 0.3) is 0 Å². The number of methoxy groups -OCH3 is 1. The maximum Gasteiger partial charge on any atom is 0.324 e. The van der Waals surface area contributed by atoms with Gasteiger partial charge in [0.2, 0.25) is 5.91 Å². The molecule has 0 saturated carbocycles. The Morgan fingerprint density at radius 2 is 2.24 bits per heavy atom. The van der Waals surface area contributed by atoms with E-state index in [2.05, 4.69) is 5.32 Å². The fraction of sp³-hybridized carbons (Fsp3) is 0.615. The van der Waals surface area contributed by atoms with Crippen LogP contribution in [0.3, 0.4) is 0 Å². The van der Waals surface area contributed by atoms with Gasteiger partial charge in [0.15, 0.2) is 0 Å². The van der Waals surface area contributed by atoms with Crippen molar-refractivity contribution in [3.63, 3.8) is 0 Å². The van der Waals surface area contributed by atoms with E-state index in [1.165, 1.54) is 24.5 Å². The van der Waals surface area contributed by atoms with Crippen LogP contribution in [0.15, 0.2) is 12.1 Å². The summed E-state index contributed by atoms with van der Waals surface area (Å²) in [6.07, 6.45) is 1.78. The van der Waals surface area contributed by atoms with Crippen molar-refractivity contribution in [2.45, 2.75) is 25.4 Å². The van der Waals surface area contributed by atoms with Crippen LogP contribution in [0.2, 0.25) is 0 Å². The van der Waals surface area contributed by atoms with E-state index in [0.29, 0.717) is 12.6 Å². The molecule has 8 heteroatoms. The maximum atomic E-state index is 11.7. The van der Waals surface area contributed by atoms with Crippen LogP contribution in [-0.2, 0) is 16.1 Å². The monoisotopic (exact) mass is 313 g/mol. The summed E-state index contributed by atoms with van der Waals surface area (Å²) in [6.45, 7) is 2.22. The molecule has 1 saturated heterocycles. The van der Waals surface area contributed by atoms with Gasteiger partial charge in [-0.05, 0) is 18.9 Å². The van der Waals surface area contributed by atoms with E-state index in [9.17, 15) is 14.9 Å². The van der Waals surface area contributed by atoms with Crippen LogP contribution in [-0.4, -0.2) is 48.6 Å². The Bertz CT molecular complexity index is 497. The third kappa shape index (κ3) is 4.48. The Hall–Kier alpha value is -1.51. The molecule has 7 nitrogen and oxygen atoms in total. The molecule has 0 unspecified atom stereocenters. The predicted molar refractivity (Wildman–Crippen MR) is 79.3 cm³/mol. The summed E-state index contributed by atoms with van der Waals surface area (Å²) in [7, 11) is 1.52. The summed E-state index contributed by atoms with van der Waals surface area (Å²) in [6, 6.07) is 3.67. The number of piperidine rings is 1. The Balaban J connectivity index is 1.73. The first kappa shape index (κ1) is 15.9.